The Balaban J connectivity index is 2.09. The van der Waals surface area contributed by atoms with Crippen LogP contribution in [0.25, 0.3) is 0 Å². The summed E-state index contributed by atoms with van der Waals surface area (Å²) < 4.78 is 0. The summed E-state index contributed by atoms with van der Waals surface area (Å²) in [4.78, 5) is 42.3. The van der Waals surface area contributed by atoms with Gasteiger partial charge in [0, 0.05) is 5.56 Å². The molecule has 1 aliphatic heterocycles. The van der Waals surface area contributed by atoms with Crippen molar-refractivity contribution in [3.8, 4) is 0 Å². The van der Waals surface area contributed by atoms with Crippen molar-refractivity contribution >= 4 is 23.4 Å². The fourth-order valence-electron chi connectivity index (χ4n) is 3.31. The summed E-state index contributed by atoms with van der Waals surface area (Å²) in [5.74, 6) is -2.10. The van der Waals surface area contributed by atoms with Crippen LogP contribution in [0.2, 0.25) is 0 Å². The number of unbranched alkanes of at least 4 members (excludes halogenated alkanes) is 5. The van der Waals surface area contributed by atoms with Crippen molar-refractivity contribution < 1.29 is 19.2 Å². The molecule has 0 saturated heterocycles. The molecule has 0 aromatic heterocycles. The van der Waals surface area contributed by atoms with Crippen LogP contribution in [0.4, 0.5) is 0 Å². The molecule has 27 heavy (non-hydrogen) atoms. The molecule has 0 fully saturated rings. The van der Waals surface area contributed by atoms with Crippen molar-refractivity contribution in [1.82, 2.24) is 5.32 Å². The van der Waals surface area contributed by atoms with E-state index in [4.69, 9.17) is 4.84 Å². The highest BCUT2D eigenvalue weighted by molar-refractivity contribution is 6.44. The molecule has 1 aliphatic rings. The summed E-state index contributed by atoms with van der Waals surface area (Å²) in [5, 5.41) is 6.49. The fraction of sp³-hybridized carbons (Fsp3) is 0.524. The lowest BCUT2D eigenvalue weighted by Crippen LogP contribution is -2.59. The van der Waals surface area contributed by atoms with Crippen LogP contribution in [-0.4, -0.2) is 28.9 Å². The minimum Gasteiger partial charge on any atom is -0.328 e. The van der Waals surface area contributed by atoms with Crippen LogP contribution < -0.4 is 5.32 Å². The Morgan fingerprint density at radius 1 is 1.04 bits per heavy atom. The average molecular weight is 372 g/mol. The van der Waals surface area contributed by atoms with Crippen LogP contribution in [-0.2, 0) is 14.4 Å². The van der Waals surface area contributed by atoms with Crippen LogP contribution in [0.5, 0.6) is 0 Å². The maximum absolute atomic E-state index is 12.6. The molecule has 1 heterocycles. The Kier molecular flexibility index (Phi) is 7.70. The summed E-state index contributed by atoms with van der Waals surface area (Å²) >= 11 is 0. The number of Topliss-reactive ketones (excluding diaryl/α,β-unsaturated/α-hetero) is 1. The zero-order chi connectivity index (χ0) is 19.7. The van der Waals surface area contributed by atoms with Crippen molar-refractivity contribution in [1.29, 1.82) is 0 Å². The van der Waals surface area contributed by atoms with Gasteiger partial charge in [0.1, 0.15) is 0 Å². The number of hydrogen-bond donors (Lipinski definition) is 1. The highest BCUT2D eigenvalue weighted by atomic mass is 16.7. The summed E-state index contributed by atoms with van der Waals surface area (Å²) in [6, 6.07) is 8.30. The van der Waals surface area contributed by atoms with Gasteiger partial charge in [0.25, 0.3) is 5.91 Å². The second kappa shape index (κ2) is 10.00. The Hall–Kier alpha value is -2.50. The Morgan fingerprint density at radius 2 is 1.70 bits per heavy atom. The minimum absolute atomic E-state index is 0.283. The maximum atomic E-state index is 12.6. The van der Waals surface area contributed by atoms with Crippen LogP contribution in [0.3, 0.4) is 0 Å². The molecule has 6 heteroatoms. The molecule has 0 bridgehead atoms. The molecular formula is C21H28N2O4. The van der Waals surface area contributed by atoms with Gasteiger partial charge in [0.2, 0.25) is 5.78 Å². The summed E-state index contributed by atoms with van der Waals surface area (Å²) in [7, 11) is 0. The summed E-state index contributed by atoms with van der Waals surface area (Å²) in [6.07, 6.45) is 7.14. The number of oxime groups is 1. The lowest BCUT2D eigenvalue weighted by Gasteiger charge is -2.27. The largest absolute Gasteiger partial charge is 0.366 e. The van der Waals surface area contributed by atoms with Gasteiger partial charge in [-0.2, -0.15) is 0 Å². The normalized spacial score (nSPS) is 18.7. The van der Waals surface area contributed by atoms with Gasteiger partial charge >= 0.3 is 5.97 Å². The number of nitrogens with one attached hydrogen (secondary N) is 1. The maximum Gasteiger partial charge on any atom is 0.366 e. The third-order valence-electron chi connectivity index (χ3n) is 4.89. The topological polar surface area (TPSA) is 84.8 Å². The predicted molar refractivity (Wildman–Crippen MR) is 103 cm³/mol. The van der Waals surface area contributed by atoms with E-state index in [-0.39, 0.29) is 5.56 Å². The van der Waals surface area contributed by atoms with E-state index in [0.29, 0.717) is 18.6 Å². The van der Waals surface area contributed by atoms with Crippen molar-refractivity contribution in [2.75, 3.05) is 0 Å². The first-order chi connectivity index (χ1) is 13.0. The molecule has 0 saturated carbocycles. The van der Waals surface area contributed by atoms with E-state index in [0.717, 1.165) is 25.7 Å². The Bertz CT molecular complexity index is 699. The summed E-state index contributed by atoms with van der Waals surface area (Å²) in [5.41, 5.74) is -0.581. The van der Waals surface area contributed by atoms with Gasteiger partial charge in [-0.15, -0.1) is 0 Å². The average Bonchev–Trinajstić information content (AvgIpc) is 3.00. The highest BCUT2D eigenvalue weighted by Gasteiger charge is 2.50. The first kappa shape index (κ1) is 20.8. The molecule has 1 aromatic rings. The van der Waals surface area contributed by atoms with E-state index in [1.54, 1.807) is 30.3 Å². The van der Waals surface area contributed by atoms with Gasteiger partial charge in [-0.25, -0.2) is 4.79 Å². The molecular weight excluding hydrogens is 344 g/mol. The van der Waals surface area contributed by atoms with Crippen molar-refractivity contribution in [2.45, 2.75) is 70.8 Å². The van der Waals surface area contributed by atoms with Crippen molar-refractivity contribution in [3.05, 3.63) is 35.9 Å². The van der Waals surface area contributed by atoms with Crippen molar-refractivity contribution in [3.63, 3.8) is 0 Å². The van der Waals surface area contributed by atoms with Gasteiger partial charge < -0.3 is 10.2 Å². The number of ketones is 1. The molecule has 0 radical (unpaired) electrons. The molecule has 1 unspecified atom stereocenters. The van der Waals surface area contributed by atoms with Gasteiger partial charge in [-0.3, -0.25) is 9.59 Å². The lowest BCUT2D eigenvalue weighted by molar-refractivity contribution is -0.147. The molecule has 1 N–H and O–H groups in total. The van der Waals surface area contributed by atoms with Gasteiger partial charge in [0.15, 0.2) is 5.54 Å². The van der Waals surface area contributed by atoms with Gasteiger partial charge in [-0.05, 0) is 12.8 Å². The van der Waals surface area contributed by atoms with Crippen LogP contribution in [0.1, 0.15) is 75.6 Å². The first-order valence-corrected chi connectivity index (χ1v) is 9.75. The number of amides is 1. The Morgan fingerprint density at radius 3 is 2.37 bits per heavy atom. The quantitative estimate of drug-likeness (QED) is 0.277. The monoisotopic (exact) mass is 372 g/mol. The van der Waals surface area contributed by atoms with E-state index in [2.05, 4.69) is 17.4 Å². The summed E-state index contributed by atoms with van der Waals surface area (Å²) in [6.45, 7) is 4.01. The molecule has 1 aromatic carbocycles. The molecule has 6 nitrogen and oxygen atoms in total. The molecule has 2 rings (SSSR count). The second-order valence-corrected chi connectivity index (χ2v) is 6.84. The molecule has 1 atom stereocenters. The third kappa shape index (κ3) is 5.02. The SMILES string of the molecule is CCCCCCCCC1(NC(=O)C(=O)c2ccccc2)C(=O)ON=C1CC. The van der Waals surface area contributed by atoms with Gasteiger partial charge in [-0.1, -0.05) is 87.9 Å². The minimum atomic E-state index is -1.33. The van der Waals surface area contributed by atoms with Crippen LogP contribution >= 0.6 is 0 Å². The standard InChI is InChI=1S/C21H28N2O4/c1-3-5-6-7-8-12-15-21(17(4-2)23-27-20(21)26)22-19(25)18(24)16-13-10-9-11-14-16/h9-11,13-14H,3-8,12,15H2,1-2H3,(H,22,25). The van der Waals surface area contributed by atoms with Crippen LogP contribution in [0.15, 0.2) is 35.5 Å². The fourth-order valence-corrected chi connectivity index (χ4v) is 3.31. The van der Waals surface area contributed by atoms with E-state index < -0.39 is 23.2 Å². The lowest BCUT2D eigenvalue weighted by atomic mass is 9.85. The van der Waals surface area contributed by atoms with E-state index in [1.165, 1.54) is 12.8 Å². The molecule has 146 valence electrons. The predicted octanol–water partition coefficient (Wildman–Crippen LogP) is 3.80. The third-order valence-corrected chi connectivity index (χ3v) is 4.89. The van der Waals surface area contributed by atoms with E-state index in [1.807, 2.05) is 6.92 Å². The molecule has 0 aliphatic carbocycles. The van der Waals surface area contributed by atoms with E-state index >= 15 is 0 Å². The number of benzene rings is 1. The number of nitrogens with zero attached hydrogens (tertiary/aromatic N) is 1. The number of carbonyl (C=O) groups is 3. The zero-order valence-corrected chi connectivity index (χ0v) is 16.1. The Labute approximate surface area is 160 Å². The smallest absolute Gasteiger partial charge is 0.328 e. The second-order valence-electron chi connectivity index (χ2n) is 6.84. The zero-order valence-electron chi connectivity index (χ0n) is 16.1. The van der Waals surface area contributed by atoms with E-state index in [9.17, 15) is 14.4 Å². The number of hydrogen-bond acceptors (Lipinski definition) is 5. The number of rotatable bonds is 11. The van der Waals surface area contributed by atoms with Crippen molar-refractivity contribution in [2.24, 2.45) is 5.16 Å². The van der Waals surface area contributed by atoms with Crippen LogP contribution in [0, 0.1) is 0 Å². The van der Waals surface area contributed by atoms with Gasteiger partial charge in [0.05, 0.1) is 5.71 Å². The molecule has 0 spiro atoms. The first-order valence-electron chi connectivity index (χ1n) is 9.75. The highest BCUT2D eigenvalue weighted by Crippen LogP contribution is 2.27. The molecule has 1 amide bonds. The number of carbonyl (C=O) groups excluding carboxylic acids is 3.